The topological polar surface area (TPSA) is 43.9 Å². The number of hydrogen-bond donors (Lipinski definition) is 0. The Bertz CT molecular complexity index is 1890. The molecular formula is C55H78N3OY13-7. The number of aromatic nitrogens is 3. The van der Waals surface area contributed by atoms with Gasteiger partial charge in [-0.3, -0.25) is 4.68 Å². The van der Waals surface area contributed by atoms with E-state index in [-0.39, 0.29) is 462 Å². The fraction of sp³-hybridized carbons (Fsp3) is 0.218. The molecular weight excluding hydrogens is 1870 g/mol. The molecule has 5 aromatic carbocycles. The first kappa shape index (κ1) is 130. The van der Waals surface area contributed by atoms with Crippen molar-refractivity contribution >= 4 is 0 Å². The van der Waals surface area contributed by atoms with Gasteiger partial charge in [0.15, 0.2) is 5.76 Å². The Hall–Kier alpha value is 8.61. The summed E-state index contributed by atoms with van der Waals surface area (Å²) in [5.74, 6) is 1.47. The van der Waals surface area contributed by atoms with E-state index < -0.39 is 0 Å². The van der Waals surface area contributed by atoms with E-state index in [1.54, 1.807) is 0 Å². The largest absolute Gasteiger partial charge is 0.471 e. The van der Waals surface area contributed by atoms with E-state index in [1.807, 2.05) is 178 Å². The molecule has 0 atom stereocenters. The molecule has 0 unspecified atom stereocenters. The molecule has 0 aliphatic rings. The second-order valence-electron chi connectivity index (χ2n) is 10.1. The van der Waals surface area contributed by atoms with Crippen molar-refractivity contribution in [1.29, 1.82) is 0 Å². The molecule has 4 nitrogen and oxygen atoms in total. The second kappa shape index (κ2) is 88.4. The minimum atomic E-state index is 0. The van der Waals surface area contributed by atoms with Gasteiger partial charge in [0.05, 0.1) is 11.6 Å². The molecule has 0 aliphatic heterocycles. The molecule has 0 saturated heterocycles. The molecule has 365 valence electrons. The Morgan fingerprint density at radius 2 is 0.625 bits per heavy atom. The molecule has 0 aliphatic carbocycles. The maximum atomic E-state index is 5.84. The first-order chi connectivity index (χ1) is 26.8. The van der Waals surface area contributed by atoms with Crippen molar-refractivity contribution in [2.45, 2.75) is 83.1 Å². The van der Waals surface area contributed by atoms with Crippen molar-refractivity contribution in [1.82, 2.24) is 14.8 Å². The molecule has 13 radical (unpaired) electrons. The molecule has 0 bridgehead atoms. The molecule has 0 spiro atoms. The first-order valence-corrected chi connectivity index (χ1v) is 19.8. The van der Waals surface area contributed by atoms with Gasteiger partial charge in [0, 0.05) is 442 Å². The van der Waals surface area contributed by atoms with Crippen LogP contribution >= 0.6 is 0 Å². The molecule has 0 amide bonds. The summed E-state index contributed by atoms with van der Waals surface area (Å²) in [6.07, 6.45) is 4.01. The maximum absolute atomic E-state index is 5.84. The molecule has 7 aromatic rings. The fourth-order valence-electron chi connectivity index (χ4n) is 5.19. The first-order valence-electron chi connectivity index (χ1n) is 19.8. The molecule has 0 saturated carbocycles. The van der Waals surface area contributed by atoms with Crippen LogP contribution in [-0.2, 0) is 425 Å². The summed E-state index contributed by atoms with van der Waals surface area (Å²) >= 11 is 0. The smallest absolute Gasteiger partial charge is 0.158 e. The van der Waals surface area contributed by atoms with Gasteiger partial charge in [-0.15, -0.1) is 12.5 Å². The van der Waals surface area contributed by atoms with Crippen LogP contribution in [0.1, 0.15) is 94.7 Å². The maximum Gasteiger partial charge on any atom is 0.158 e. The van der Waals surface area contributed by atoms with Gasteiger partial charge < -0.3 is 48.0 Å². The van der Waals surface area contributed by atoms with Crippen LogP contribution in [0.2, 0.25) is 0 Å². The number of hydrogen-bond acceptors (Lipinski definition) is 3. The van der Waals surface area contributed by atoms with E-state index in [4.69, 9.17) is 9.52 Å². The van der Waals surface area contributed by atoms with E-state index in [9.17, 15) is 0 Å². The second-order valence-corrected chi connectivity index (χ2v) is 10.1. The van der Waals surface area contributed by atoms with Crippen molar-refractivity contribution in [2.24, 2.45) is 0 Å². The molecule has 7 rings (SSSR count). The molecule has 0 N–H and O–H groups in total. The molecule has 0 fully saturated rings. The quantitative estimate of drug-likeness (QED) is 0.149. The third kappa shape index (κ3) is 46.8. The average molecular weight is 1950 g/mol. The Balaban J connectivity index is -0.0000000359. The van der Waals surface area contributed by atoms with Gasteiger partial charge >= 0.3 is 0 Å². The number of oxazole rings is 1. The Morgan fingerprint density at radius 3 is 0.931 bits per heavy atom. The molecule has 17 heteroatoms. The molecule has 2 heterocycles. The summed E-state index contributed by atoms with van der Waals surface area (Å²) < 4.78 is 7.87. The van der Waals surface area contributed by atoms with Gasteiger partial charge in [0.25, 0.3) is 0 Å². The van der Waals surface area contributed by atoms with E-state index in [1.165, 1.54) is 5.56 Å². The summed E-state index contributed by atoms with van der Waals surface area (Å²) in [5, 5.41) is 4.98. The summed E-state index contributed by atoms with van der Waals surface area (Å²) in [5.41, 5.74) is 9.64. The zero-order valence-corrected chi connectivity index (χ0v) is 84.2. The van der Waals surface area contributed by atoms with Crippen LogP contribution in [0.15, 0.2) is 156 Å². The van der Waals surface area contributed by atoms with E-state index in [0.717, 1.165) is 50.8 Å². The normalized spacial score (nSPS) is 6.83. The van der Waals surface area contributed by atoms with Crippen LogP contribution in [-0.4, -0.2) is 14.8 Å². The zero-order valence-electron chi connectivity index (χ0n) is 47.3. The monoisotopic (exact) mass is 1950 g/mol. The van der Waals surface area contributed by atoms with Gasteiger partial charge in [-0.1, -0.05) is 220 Å². The van der Waals surface area contributed by atoms with Crippen LogP contribution in [0.25, 0.3) is 50.7 Å². The summed E-state index contributed by atoms with van der Waals surface area (Å²) in [4.78, 5) is 4.55. The third-order valence-corrected chi connectivity index (χ3v) is 7.28. The number of nitrogens with zero attached hydrogens (tertiary/aromatic N) is 3. The van der Waals surface area contributed by atoms with Gasteiger partial charge in [0.1, 0.15) is 5.69 Å². The van der Waals surface area contributed by atoms with Crippen LogP contribution in [0.3, 0.4) is 0 Å². The number of para-hydroxylation sites is 1. The van der Waals surface area contributed by atoms with E-state index in [2.05, 4.69) is 79.0 Å². The van der Waals surface area contributed by atoms with Gasteiger partial charge in [0.2, 0.25) is 0 Å². The summed E-state index contributed by atoms with van der Waals surface area (Å²) in [7, 11) is 0. The van der Waals surface area contributed by atoms with E-state index >= 15 is 0 Å². The van der Waals surface area contributed by atoms with Gasteiger partial charge in [-0.2, -0.15) is 12.0 Å². The summed E-state index contributed by atoms with van der Waals surface area (Å²) in [6, 6.07) is 51.3. The Morgan fingerprint density at radius 1 is 0.347 bits per heavy atom. The van der Waals surface area contributed by atoms with Crippen molar-refractivity contribution in [3.05, 3.63) is 213 Å². The predicted octanol–water partition coefficient (Wildman–Crippen LogP) is 17.7. The SMILES string of the molecule is CC.CC.CC.CC.CC.C[CH-]c1c(-c2ccccc2)c(-c2ccccc2)nn1-c1ccccc1.C[CH-]c1nc(-c2ccccc2)c(-c2ccccc2)o1.[CH3-].[CH3-].[CH3-].[CH3-].[CH3-].[Y].[Y].[Y].[Y].[Y].[Y].[Y].[Y].[Y].[Y].[Y].[Y].[Y]. The van der Waals surface area contributed by atoms with Crippen molar-refractivity contribution in [2.75, 3.05) is 0 Å². The number of benzene rings is 5. The van der Waals surface area contributed by atoms with Gasteiger partial charge in [-0.05, 0) is 17.7 Å². The summed E-state index contributed by atoms with van der Waals surface area (Å²) in [6.45, 7) is 24.0. The van der Waals surface area contributed by atoms with Crippen LogP contribution in [0, 0.1) is 50.0 Å². The van der Waals surface area contributed by atoms with Crippen molar-refractivity contribution in [3.8, 4) is 50.7 Å². The Kier molecular flexibility index (Phi) is 160. The third-order valence-electron chi connectivity index (χ3n) is 7.28. The zero-order chi connectivity index (χ0) is 40.1. The van der Waals surface area contributed by atoms with Crippen molar-refractivity contribution < 1.29 is 430 Å². The van der Waals surface area contributed by atoms with Crippen molar-refractivity contribution in [3.63, 3.8) is 0 Å². The van der Waals surface area contributed by atoms with Crippen LogP contribution in [0.4, 0.5) is 0 Å². The van der Waals surface area contributed by atoms with Gasteiger partial charge in [-0.25, -0.2) is 11.4 Å². The van der Waals surface area contributed by atoms with E-state index in [0.29, 0.717) is 5.89 Å². The standard InChI is InChI=1S/C23H19N2.C17H14NO.5C2H6.5CH3.13Y/c1-2-21-22(18-12-6-3-7-13-18)23(19-14-8-4-9-15-19)24-25(21)20-16-10-5-11-17-20;1-2-15-18-16(13-9-5-3-6-10-13)17(19-15)14-11-7-4-8-12-14;5*1-2;;;;;;;;;;;;;;;;;;/h2-17H,1H3;2-12H,1H3;5*1-2H3;5*1H3;;;;;;;;;;;;;/q2*-1;;;;;;5*-1;;;;;;;;;;;;;. The Labute approximate surface area is 772 Å². The number of rotatable bonds is 7. The average Bonchev–Trinajstić information content (AvgIpc) is 3.92. The molecule has 72 heavy (non-hydrogen) atoms. The minimum absolute atomic E-state index is 0. The predicted molar refractivity (Wildman–Crippen MR) is 269 cm³/mol. The van der Waals surface area contributed by atoms with Crippen LogP contribution in [0.5, 0.6) is 0 Å². The molecule has 2 aromatic heterocycles. The minimum Gasteiger partial charge on any atom is -0.471 e. The fourth-order valence-corrected chi connectivity index (χ4v) is 5.19. The van der Waals surface area contributed by atoms with Crippen LogP contribution < -0.4 is 0 Å².